The largest absolute Gasteiger partial charge is 0.410 e. The summed E-state index contributed by atoms with van der Waals surface area (Å²) in [5.41, 5.74) is 0.326. The second-order valence-electron chi connectivity index (χ2n) is 5.80. The first-order valence-electron chi connectivity index (χ1n) is 6.37. The Kier molecular flexibility index (Phi) is 4.17. The van der Waals surface area contributed by atoms with E-state index in [9.17, 15) is 4.79 Å². The van der Waals surface area contributed by atoms with Crippen LogP contribution in [0.4, 0.5) is 0 Å². The zero-order chi connectivity index (χ0) is 13.3. The van der Waals surface area contributed by atoms with Crippen molar-refractivity contribution in [1.82, 2.24) is 4.90 Å². The summed E-state index contributed by atoms with van der Waals surface area (Å²) in [6.07, 6.45) is 0. The summed E-state index contributed by atoms with van der Waals surface area (Å²) < 4.78 is 0. The van der Waals surface area contributed by atoms with Crippen LogP contribution in [0.1, 0.15) is 41.5 Å². The average molecular weight is 240 g/mol. The molecule has 1 N–H and O–H groups in total. The molecule has 4 heteroatoms. The second kappa shape index (κ2) is 5.07. The smallest absolute Gasteiger partial charge is 0.272 e. The number of rotatable bonds is 3. The van der Waals surface area contributed by atoms with E-state index in [1.54, 1.807) is 0 Å². The van der Waals surface area contributed by atoms with Gasteiger partial charge in [0.2, 0.25) is 0 Å². The Morgan fingerprint density at radius 1 is 1.12 bits per heavy atom. The summed E-state index contributed by atoms with van der Waals surface area (Å²) in [6.45, 7) is 12.4. The molecule has 1 rings (SSSR count). The van der Waals surface area contributed by atoms with E-state index < -0.39 is 0 Å². The number of likely N-dealkylation sites (tertiary alicyclic amines) is 1. The Hall–Kier alpha value is -1.06. The van der Waals surface area contributed by atoms with Crippen molar-refractivity contribution in [1.29, 1.82) is 0 Å². The normalized spacial score (nSPS) is 28.2. The first-order valence-corrected chi connectivity index (χ1v) is 6.37. The third-order valence-electron chi connectivity index (χ3n) is 3.52. The number of carbonyl (C=O) groups is 1. The highest BCUT2D eigenvalue weighted by Gasteiger charge is 2.49. The minimum absolute atomic E-state index is 0.0231. The van der Waals surface area contributed by atoms with Crippen molar-refractivity contribution in [2.75, 3.05) is 0 Å². The molecule has 1 saturated heterocycles. The Balaban J connectivity index is 3.23. The van der Waals surface area contributed by atoms with Crippen molar-refractivity contribution in [2.24, 2.45) is 22.9 Å². The molecule has 0 radical (unpaired) electrons. The molecule has 1 heterocycles. The summed E-state index contributed by atoms with van der Waals surface area (Å²) in [6, 6.07) is 0.267. The van der Waals surface area contributed by atoms with Gasteiger partial charge in [0.1, 0.15) is 5.71 Å². The fourth-order valence-electron chi connectivity index (χ4n) is 2.88. The predicted molar refractivity (Wildman–Crippen MR) is 68.2 cm³/mol. The minimum atomic E-state index is -0.111. The Bertz CT molecular complexity index is 321. The molecule has 0 aromatic rings. The molecule has 0 bridgehead atoms. The van der Waals surface area contributed by atoms with E-state index in [4.69, 9.17) is 5.21 Å². The van der Waals surface area contributed by atoms with E-state index >= 15 is 0 Å². The molecule has 1 aliphatic rings. The van der Waals surface area contributed by atoms with Gasteiger partial charge in [-0.2, -0.15) is 0 Å². The highest BCUT2D eigenvalue weighted by Crippen LogP contribution is 2.35. The lowest BCUT2D eigenvalue weighted by Crippen LogP contribution is -2.44. The zero-order valence-electron chi connectivity index (χ0n) is 11.6. The maximum atomic E-state index is 12.2. The van der Waals surface area contributed by atoms with Crippen molar-refractivity contribution in [3.05, 3.63) is 0 Å². The van der Waals surface area contributed by atoms with Gasteiger partial charge in [-0.3, -0.25) is 4.79 Å². The van der Waals surface area contributed by atoms with E-state index in [1.165, 1.54) is 0 Å². The standard InChI is InChI=1S/C13H24N2O2/c1-7(2)10-11(14-17)13(16)15(9(5)6)12(10)8(3)4/h7-10,12,17H,1-6H3/b14-11+. The maximum absolute atomic E-state index is 12.2. The third kappa shape index (κ3) is 2.31. The van der Waals surface area contributed by atoms with E-state index in [0.717, 1.165) is 0 Å². The van der Waals surface area contributed by atoms with Crippen LogP contribution >= 0.6 is 0 Å². The highest BCUT2D eigenvalue weighted by atomic mass is 16.4. The summed E-state index contributed by atoms with van der Waals surface area (Å²) in [7, 11) is 0. The summed E-state index contributed by atoms with van der Waals surface area (Å²) in [5, 5.41) is 12.4. The molecule has 0 aliphatic carbocycles. The minimum Gasteiger partial charge on any atom is -0.410 e. The molecule has 17 heavy (non-hydrogen) atoms. The Morgan fingerprint density at radius 2 is 1.65 bits per heavy atom. The van der Waals surface area contributed by atoms with Crippen molar-refractivity contribution >= 4 is 11.6 Å². The molecule has 0 aromatic carbocycles. The van der Waals surface area contributed by atoms with E-state index in [1.807, 2.05) is 18.7 Å². The molecule has 1 aliphatic heterocycles. The van der Waals surface area contributed by atoms with Gasteiger partial charge >= 0.3 is 0 Å². The number of hydrogen-bond acceptors (Lipinski definition) is 3. The molecule has 98 valence electrons. The molecule has 2 atom stereocenters. The predicted octanol–water partition coefficient (Wildman–Crippen LogP) is 2.36. The zero-order valence-corrected chi connectivity index (χ0v) is 11.6. The molecule has 0 spiro atoms. The molecule has 1 amide bonds. The molecule has 4 nitrogen and oxygen atoms in total. The van der Waals surface area contributed by atoms with Crippen molar-refractivity contribution in [3.63, 3.8) is 0 Å². The number of oxime groups is 1. The van der Waals surface area contributed by atoms with Crippen molar-refractivity contribution < 1.29 is 10.0 Å². The molecule has 2 unspecified atom stereocenters. The van der Waals surface area contributed by atoms with Crippen LogP contribution in [0.15, 0.2) is 5.16 Å². The monoisotopic (exact) mass is 240 g/mol. The first-order chi connectivity index (χ1) is 7.82. The molecule has 0 aromatic heterocycles. The van der Waals surface area contributed by atoms with Crippen LogP contribution in [-0.4, -0.2) is 33.8 Å². The number of amides is 1. The van der Waals surface area contributed by atoms with Gasteiger partial charge in [-0.25, -0.2) is 0 Å². The van der Waals surface area contributed by atoms with Crippen LogP contribution in [0.3, 0.4) is 0 Å². The van der Waals surface area contributed by atoms with Crippen LogP contribution in [0, 0.1) is 17.8 Å². The van der Waals surface area contributed by atoms with Gasteiger partial charge < -0.3 is 10.1 Å². The van der Waals surface area contributed by atoms with Crippen molar-refractivity contribution in [3.8, 4) is 0 Å². The third-order valence-corrected chi connectivity index (χ3v) is 3.52. The maximum Gasteiger partial charge on any atom is 0.272 e. The van der Waals surface area contributed by atoms with Gasteiger partial charge in [0.25, 0.3) is 5.91 Å². The van der Waals surface area contributed by atoms with E-state index in [2.05, 4.69) is 32.9 Å². The number of hydrogen-bond donors (Lipinski definition) is 1. The lowest BCUT2D eigenvalue weighted by molar-refractivity contribution is -0.126. The summed E-state index contributed by atoms with van der Waals surface area (Å²) in [4.78, 5) is 14.1. The first kappa shape index (κ1) is 14.0. The Morgan fingerprint density at radius 3 is 1.94 bits per heavy atom. The fourth-order valence-corrected chi connectivity index (χ4v) is 2.88. The quantitative estimate of drug-likeness (QED) is 0.608. The fraction of sp³-hybridized carbons (Fsp3) is 0.846. The van der Waals surface area contributed by atoms with Gasteiger partial charge in [-0.15, -0.1) is 0 Å². The van der Waals surface area contributed by atoms with Crippen LogP contribution in [-0.2, 0) is 4.79 Å². The van der Waals surface area contributed by atoms with Crippen LogP contribution in [0.5, 0.6) is 0 Å². The van der Waals surface area contributed by atoms with E-state index in [-0.39, 0.29) is 23.9 Å². The second-order valence-corrected chi connectivity index (χ2v) is 5.80. The van der Waals surface area contributed by atoms with Crippen LogP contribution in [0.2, 0.25) is 0 Å². The van der Waals surface area contributed by atoms with E-state index in [0.29, 0.717) is 17.5 Å². The lowest BCUT2D eigenvalue weighted by Gasteiger charge is -2.34. The SMILES string of the molecule is CC(C)C1/C(=N\O)C(=O)N(C(C)C)C1C(C)C. The summed E-state index contributed by atoms with van der Waals surface area (Å²) in [5.74, 6) is 0.559. The topological polar surface area (TPSA) is 52.9 Å². The molecule has 0 saturated carbocycles. The number of nitrogens with zero attached hydrogens (tertiary/aromatic N) is 2. The van der Waals surface area contributed by atoms with Crippen LogP contribution < -0.4 is 0 Å². The van der Waals surface area contributed by atoms with Gasteiger partial charge in [-0.05, 0) is 25.7 Å². The lowest BCUT2D eigenvalue weighted by atomic mass is 9.82. The average Bonchev–Trinajstić information content (AvgIpc) is 2.50. The van der Waals surface area contributed by atoms with Crippen molar-refractivity contribution in [2.45, 2.75) is 53.6 Å². The summed E-state index contributed by atoms with van der Waals surface area (Å²) >= 11 is 0. The molecule has 1 fully saturated rings. The highest BCUT2D eigenvalue weighted by molar-refractivity contribution is 6.41. The van der Waals surface area contributed by atoms with Gasteiger partial charge in [0.15, 0.2) is 0 Å². The van der Waals surface area contributed by atoms with Gasteiger partial charge in [0.05, 0.1) is 0 Å². The number of carbonyl (C=O) groups excluding carboxylic acids is 1. The molecular weight excluding hydrogens is 216 g/mol. The Labute approximate surface area is 104 Å². The molecular formula is C13H24N2O2. The van der Waals surface area contributed by atoms with Gasteiger partial charge in [0, 0.05) is 18.0 Å². The van der Waals surface area contributed by atoms with Gasteiger partial charge in [-0.1, -0.05) is 32.9 Å². The van der Waals surface area contributed by atoms with Crippen LogP contribution in [0.25, 0.3) is 0 Å².